The zero-order valence-corrected chi connectivity index (χ0v) is 9.70. The highest BCUT2D eigenvalue weighted by atomic mass is 35.5. The van der Waals surface area contributed by atoms with Crippen LogP contribution in [0, 0.1) is 0 Å². The minimum absolute atomic E-state index is 0.313. The van der Waals surface area contributed by atoms with Gasteiger partial charge in [0.15, 0.2) is 0 Å². The van der Waals surface area contributed by atoms with Crippen LogP contribution in [0.3, 0.4) is 0 Å². The maximum atomic E-state index is 5.80. The maximum absolute atomic E-state index is 5.80. The standard InChI is InChI=1S/C11H14ClN3/c1-3-9(4-2)15-6-5-8-7-13-11(12)14-10(8)15/h5-7,9H,3-4H2,1-2H3. The summed E-state index contributed by atoms with van der Waals surface area (Å²) in [6.45, 7) is 4.37. The first-order valence-electron chi connectivity index (χ1n) is 5.25. The molecule has 2 rings (SSSR count). The van der Waals surface area contributed by atoms with Gasteiger partial charge in [-0.15, -0.1) is 0 Å². The summed E-state index contributed by atoms with van der Waals surface area (Å²) in [5.74, 6) is 0. The lowest BCUT2D eigenvalue weighted by Crippen LogP contribution is -2.06. The minimum Gasteiger partial charge on any atom is -0.329 e. The Balaban J connectivity index is 2.55. The topological polar surface area (TPSA) is 30.7 Å². The second-order valence-electron chi connectivity index (χ2n) is 3.61. The number of hydrogen-bond acceptors (Lipinski definition) is 2. The van der Waals surface area contributed by atoms with Crippen LogP contribution in [0.15, 0.2) is 18.5 Å². The van der Waals surface area contributed by atoms with E-state index < -0.39 is 0 Å². The molecule has 3 nitrogen and oxygen atoms in total. The van der Waals surface area contributed by atoms with E-state index in [1.165, 1.54) is 0 Å². The molecule has 2 aromatic heterocycles. The Morgan fingerprint density at radius 1 is 1.40 bits per heavy atom. The summed E-state index contributed by atoms with van der Waals surface area (Å²) in [6, 6.07) is 2.53. The summed E-state index contributed by atoms with van der Waals surface area (Å²) in [7, 11) is 0. The van der Waals surface area contributed by atoms with Crippen LogP contribution in [0.25, 0.3) is 11.0 Å². The Morgan fingerprint density at radius 2 is 2.13 bits per heavy atom. The fraction of sp³-hybridized carbons (Fsp3) is 0.455. The van der Waals surface area contributed by atoms with E-state index in [1.807, 2.05) is 6.07 Å². The van der Waals surface area contributed by atoms with E-state index >= 15 is 0 Å². The van der Waals surface area contributed by atoms with Gasteiger partial charge in [-0.1, -0.05) is 13.8 Å². The molecule has 80 valence electrons. The van der Waals surface area contributed by atoms with Crippen LogP contribution in [0.2, 0.25) is 5.28 Å². The Bertz CT molecular complexity index is 460. The third-order valence-electron chi connectivity index (χ3n) is 2.76. The fourth-order valence-corrected chi connectivity index (χ4v) is 2.02. The minimum atomic E-state index is 0.313. The highest BCUT2D eigenvalue weighted by molar-refractivity contribution is 6.28. The van der Waals surface area contributed by atoms with E-state index in [0.29, 0.717) is 11.3 Å². The molecule has 0 spiro atoms. The molecule has 0 fully saturated rings. The first kappa shape index (κ1) is 10.4. The van der Waals surface area contributed by atoms with Crippen molar-refractivity contribution in [3.63, 3.8) is 0 Å². The molecular weight excluding hydrogens is 210 g/mol. The molecule has 0 aliphatic carbocycles. The van der Waals surface area contributed by atoms with Gasteiger partial charge in [0.2, 0.25) is 5.28 Å². The van der Waals surface area contributed by atoms with Crippen molar-refractivity contribution < 1.29 is 0 Å². The zero-order chi connectivity index (χ0) is 10.8. The van der Waals surface area contributed by atoms with Gasteiger partial charge < -0.3 is 4.57 Å². The predicted molar refractivity (Wildman–Crippen MR) is 62.2 cm³/mol. The Labute approximate surface area is 94.1 Å². The smallest absolute Gasteiger partial charge is 0.224 e. The van der Waals surface area contributed by atoms with Crippen LogP contribution in [-0.4, -0.2) is 14.5 Å². The highest BCUT2D eigenvalue weighted by Gasteiger charge is 2.10. The van der Waals surface area contributed by atoms with E-state index in [4.69, 9.17) is 11.6 Å². The van der Waals surface area contributed by atoms with Crippen molar-refractivity contribution in [2.24, 2.45) is 0 Å². The average Bonchev–Trinajstić information content (AvgIpc) is 2.64. The van der Waals surface area contributed by atoms with Gasteiger partial charge >= 0.3 is 0 Å². The van der Waals surface area contributed by atoms with E-state index in [9.17, 15) is 0 Å². The molecule has 0 amide bonds. The molecule has 0 aromatic carbocycles. The van der Waals surface area contributed by atoms with Crippen LogP contribution in [0.1, 0.15) is 32.7 Å². The number of fused-ring (bicyclic) bond motifs is 1. The lowest BCUT2D eigenvalue weighted by molar-refractivity contribution is 0.483. The van der Waals surface area contributed by atoms with Crippen molar-refractivity contribution in [1.82, 2.24) is 14.5 Å². The molecule has 0 saturated heterocycles. The summed E-state index contributed by atoms with van der Waals surface area (Å²) in [4.78, 5) is 8.24. The third kappa shape index (κ3) is 1.84. The number of nitrogens with zero attached hydrogens (tertiary/aromatic N) is 3. The van der Waals surface area contributed by atoms with Gasteiger partial charge in [0.05, 0.1) is 0 Å². The van der Waals surface area contributed by atoms with Crippen LogP contribution in [0.4, 0.5) is 0 Å². The molecule has 2 aromatic rings. The lowest BCUT2D eigenvalue weighted by Gasteiger charge is -2.15. The van der Waals surface area contributed by atoms with Crippen LogP contribution >= 0.6 is 11.6 Å². The fourth-order valence-electron chi connectivity index (χ4n) is 1.89. The van der Waals surface area contributed by atoms with Crippen molar-refractivity contribution >= 4 is 22.6 Å². The molecule has 0 saturated carbocycles. The molecule has 0 unspecified atom stereocenters. The second-order valence-corrected chi connectivity index (χ2v) is 3.95. The van der Waals surface area contributed by atoms with Gasteiger partial charge in [-0.25, -0.2) is 4.98 Å². The number of hydrogen-bond donors (Lipinski definition) is 0. The second kappa shape index (κ2) is 4.19. The summed E-state index contributed by atoms with van der Waals surface area (Å²) < 4.78 is 2.18. The van der Waals surface area contributed by atoms with Gasteiger partial charge in [-0.05, 0) is 30.5 Å². The number of halogens is 1. The van der Waals surface area contributed by atoms with E-state index in [0.717, 1.165) is 23.9 Å². The number of rotatable bonds is 3. The zero-order valence-electron chi connectivity index (χ0n) is 8.94. The van der Waals surface area contributed by atoms with Crippen molar-refractivity contribution in [2.45, 2.75) is 32.7 Å². The van der Waals surface area contributed by atoms with Crippen LogP contribution in [-0.2, 0) is 0 Å². The summed E-state index contributed by atoms with van der Waals surface area (Å²) in [5, 5.41) is 1.36. The van der Waals surface area contributed by atoms with Gasteiger partial charge in [-0.3, -0.25) is 0 Å². The Hall–Kier alpha value is -1.09. The molecule has 0 bridgehead atoms. The van der Waals surface area contributed by atoms with Crippen molar-refractivity contribution in [1.29, 1.82) is 0 Å². The first-order valence-corrected chi connectivity index (χ1v) is 5.63. The molecule has 0 aliphatic rings. The predicted octanol–water partition coefficient (Wildman–Crippen LogP) is 3.45. The summed E-state index contributed by atoms with van der Waals surface area (Å²) in [5.41, 5.74) is 0.934. The molecule has 0 aliphatic heterocycles. The summed E-state index contributed by atoms with van der Waals surface area (Å²) in [6.07, 6.45) is 6.03. The third-order valence-corrected chi connectivity index (χ3v) is 2.94. The van der Waals surface area contributed by atoms with Gasteiger partial charge in [0.1, 0.15) is 5.65 Å². The van der Waals surface area contributed by atoms with Crippen LogP contribution in [0.5, 0.6) is 0 Å². The largest absolute Gasteiger partial charge is 0.329 e. The van der Waals surface area contributed by atoms with E-state index in [1.54, 1.807) is 6.20 Å². The summed E-state index contributed by atoms with van der Waals surface area (Å²) >= 11 is 5.80. The Kier molecular flexibility index (Phi) is 2.91. The van der Waals surface area contributed by atoms with Gasteiger partial charge in [0, 0.05) is 23.8 Å². The number of aromatic nitrogens is 3. The Morgan fingerprint density at radius 3 is 2.80 bits per heavy atom. The molecule has 4 heteroatoms. The van der Waals surface area contributed by atoms with Crippen molar-refractivity contribution in [3.8, 4) is 0 Å². The molecular formula is C11H14ClN3. The molecule has 2 heterocycles. The van der Waals surface area contributed by atoms with Crippen molar-refractivity contribution in [2.75, 3.05) is 0 Å². The quantitative estimate of drug-likeness (QED) is 0.747. The lowest BCUT2D eigenvalue weighted by atomic mass is 10.2. The maximum Gasteiger partial charge on any atom is 0.224 e. The van der Waals surface area contributed by atoms with Gasteiger partial charge in [-0.2, -0.15) is 4.98 Å². The molecule has 0 atom stereocenters. The van der Waals surface area contributed by atoms with Crippen LogP contribution < -0.4 is 0 Å². The first-order chi connectivity index (χ1) is 7.26. The highest BCUT2D eigenvalue weighted by Crippen LogP contribution is 2.22. The van der Waals surface area contributed by atoms with Gasteiger partial charge in [0.25, 0.3) is 0 Å². The SMILES string of the molecule is CCC(CC)n1ccc2cnc(Cl)nc21. The van der Waals surface area contributed by atoms with Crippen molar-refractivity contribution in [3.05, 3.63) is 23.7 Å². The van der Waals surface area contributed by atoms with E-state index in [2.05, 4.69) is 34.6 Å². The normalized spacial score (nSPS) is 11.5. The molecule has 15 heavy (non-hydrogen) atoms. The average molecular weight is 224 g/mol. The molecule has 0 N–H and O–H groups in total. The monoisotopic (exact) mass is 223 g/mol. The molecule has 0 radical (unpaired) electrons. The van der Waals surface area contributed by atoms with E-state index in [-0.39, 0.29) is 0 Å².